The van der Waals surface area contributed by atoms with Gasteiger partial charge in [0.2, 0.25) is 0 Å². The summed E-state index contributed by atoms with van der Waals surface area (Å²) in [4.78, 5) is 27.5. The lowest BCUT2D eigenvalue weighted by molar-refractivity contribution is -0.145. The average Bonchev–Trinajstić information content (AvgIpc) is 3.15. The van der Waals surface area contributed by atoms with Crippen molar-refractivity contribution < 1.29 is 19.1 Å². The molecule has 0 aromatic heterocycles. The van der Waals surface area contributed by atoms with Gasteiger partial charge in [0.05, 0.1) is 0 Å². The number of unbranched alkanes of at least 4 members (excludes halogenated alkanes) is 16. The number of hydrogen-bond donors (Lipinski definition) is 0. The molecule has 0 unspecified atom stereocenters. The molecule has 5 nitrogen and oxygen atoms in total. The molecule has 0 aliphatic rings. The van der Waals surface area contributed by atoms with E-state index < -0.39 is 0 Å². The summed E-state index contributed by atoms with van der Waals surface area (Å²) in [5.41, 5.74) is 3.06. The maximum absolute atomic E-state index is 12.7. The molecule has 0 radical (unpaired) electrons. The van der Waals surface area contributed by atoms with Crippen LogP contribution in [0.25, 0.3) is 0 Å². The molecule has 0 N–H and O–H groups in total. The number of rotatable bonds is 38. The van der Waals surface area contributed by atoms with Crippen LogP contribution in [0.5, 0.6) is 0 Å². The van der Waals surface area contributed by atoms with E-state index in [1.807, 2.05) is 6.07 Å². The van der Waals surface area contributed by atoms with Crippen LogP contribution >= 0.6 is 0 Å². The van der Waals surface area contributed by atoms with E-state index >= 15 is 0 Å². The van der Waals surface area contributed by atoms with Crippen molar-refractivity contribution in [3.63, 3.8) is 0 Å². The molecule has 0 aliphatic heterocycles. The molecular formula is C49H89NO4. The molecule has 0 bridgehead atoms. The van der Waals surface area contributed by atoms with Gasteiger partial charge >= 0.3 is 11.9 Å². The third-order valence-electron chi connectivity index (χ3n) is 11.3. The van der Waals surface area contributed by atoms with E-state index in [0.717, 1.165) is 60.8 Å². The third kappa shape index (κ3) is 29.4. The molecule has 5 heteroatoms. The van der Waals surface area contributed by atoms with E-state index in [2.05, 4.69) is 58.8 Å². The van der Waals surface area contributed by atoms with Gasteiger partial charge in [0.15, 0.2) is 0 Å². The molecule has 1 aromatic carbocycles. The van der Waals surface area contributed by atoms with E-state index in [4.69, 9.17) is 9.47 Å². The van der Waals surface area contributed by atoms with Crippen LogP contribution in [0.2, 0.25) is 0 Å². The SMILES string of the molecule is CCCCCCC(CCCCCC)CCCCCC(=O)OCc1cc(COC(=O)CCCCCC(CCCCCC)CCCCCC)cc(CN(C)C)c1. The van der Waals surface area contributed by atoms with Gasteiger partial charge in [-0.3, -0.25) is 9.59 Å². The predicted octanol–water partition coefficient (Wildman–Crippen LogP) is 14.8. The predicted molar refractivity (Wildman–Crippen MR) is 232 cm³/mol. The monoisotopic (exact) mass is 756 g/mol. The van der Waals surface area contributed by atoms with Crippen LogP contribution in [0.4, 0.5) is 0 Å². The molecule has 0 saturated carbocycles. The summed E-state index contributed by atoms with van der Waals surface area (Å²) in [7, 11) is 4.10. The standard InChI is InChI=1S/C49H89NO4/c1-7-11-15-21-29-43(30-22-16-12-8-2)33-25-19-27-35-48(51)53-41-46-37-45(40-50(5)6)38-47(39-46)42-54-49(52)36-28-20-26-34-44(31-23-17-13-9-3)32-24-18-14-10-4/h37-39,43-44H,7-36,40-42H2,1-6H3. The Morgan fingerprint density at radius 2 is 0.741 bits per heavy atom. The highest BCUT2D eigenvalue weighted by Crippen LogP contribution is 2.26. The van der Waals surface area contributed by atoms with Gasteiger partial charge in [-0.2, -0.15) is 0 Å². The van der Waals surface area contributed by atoms with Gasteiger partial charge in [0.25, 0.3) is 0 Å². The van der Waals surface area contributed by atoms with Gasteiger partial charge in [-0.15, -0.1) is 0 Å². The van der Waals surface area contributed by atoms with Crippen molar-refractivity contribution in [1.82, 2.24) is 4.90 Å². The van der Waals surface area contributed by atoms with E-state index in [9.17, 15) is 9.59 Å². The first-order chi connectivity index (χ1) is 26.3. The Morgan fingerprint density at radius 1 is 0.444 bits per heavy atom. The van der Waals surface area contributed by atoms with Crippen LogP contribution in [0.3, 0.4) is 0 Å². The minimum absolute atomic E-state index is 0.115. The van der Waals surface area contributed by atoms with Crippen LogP contribution in [-0.4, -0.2) is 30.9 Å². The first-order valence-electron chi connectivity index (χ1n) is 23.4. The van der Waals surface area contributed by atoms with Crippen LogP contribution < -0.4 is 0 Å². The zero-order valence-electron chi connectivity index (χ0n) is 36.8. The highest BCUT2D eigenvalue weighted by molar-refractivity contribution is 5.69. The van der Waals surface area contributed by atoms with Crippen molar-refractivity contribution in [2.45, 2.75) is 240 Å². The molecule has 0 heterocycles. The van der Waals surface area contributed by atoms with Crippen molar-refractivity contribution in [2.24, 2.45) is 11.8 Å². The number of benzene rings is 1. The first-order valence-corrected chi connectivity index (χ1v) is 23.4. The number of carbonyl (C=O) groups excluding carboxylic acids is 2. The number of esters is 2. The Morgan fingerprint density at radius 3 is 1.04 bits per heavy atom. The molecule has 1 aromatic rings. The smallest absolute Gasteiger partial charge is 0.306 e. The van der Waals surface area contributed by atoms with E-state index in [-0.39, 0.29) is 25.2 Å². The van der Waals surface area contributed by atoms with Gasteiger partial charge in [-0.05, 0) is 61.5 Å². The number of ether oxygens (including phenoxy) is 2. The minimum atomic E-state index is -0.115. The Labute approximate surface area is 335 Å². The summed E-state index contributed by atoms with van der Waals surface area (Å²) in [6.45, 7) is 10.4. The van der Waals surface area contributed by atoms with Crippen LogP contribution in [-0.2, 0) is 38.8 Å². The summed E-state index contributed by atoms with van der Waals surface area (Å²) in [6, 6.07) is 6.25. The molecule has 0 aliphatic carbocycles. The second-order valence-electron chi connectivity index (χ2n) is 17.0. The molecule has 314 valence electrons. The lowest BCUT2D eigenvalue weighted by Crippen LogP contribution is -2.12. The Kier molecular flexibility index (Phi) is 33.0. The largest absolute Gasteiger partial charge is 0.461 e. The lowest BCUT2D eigenvalue weighted by Gasteiger charge is -2.17. The second kappa shape index (κ2) is 35.5. The fourth-order valence-electron chi connectivity index (χ4n) is 8.00. The summed E-state index contributed by atoms with van der Waals surface area (Å²) >= 11 is 0. The van der Waals surface area contributed by atoms with Crippen molar-refractivity contribution in [2.75, 3.05) is 14.1 Å². The van der Waals surface area contributed by atoms with Gasteiger partial charge < -0.3 is 14.4 Å². The fraction of sp³-hybridized carbons (Fsp3) is 0.837. The van der Waals surface area contributed by atoms with Crippen molar-refractivity contribution in [1.29, 1.82) is 0 Å². The minimum Gasteiger partial charge on any atom is -0.461 e. The number of hydrogen-bond acceptors (Lipinski definition) is 5. The average molecular weight is 756 g/mol. The number of carbonyl (C=O) groups is 2. The zero-order chi connectivity index (χ0) is 39.5. The van der Waals surface area contributed by atoms with Crippen molar-refractivity contribution in [3.8, 4) is 0 Å². The van der Waals surface area contributed by atoms with E-state index in [1.54, 1.807) is 0 Å². The summed E-state index contributed by atoms with van der Waals surface area (Å²) < 4.78 is 11.5. The van der Waals surface area contributed by atoms with E-state index in [1.165, 1.54) is 154 Å². The van der Waals surface area contributed by atoms with Crippen LogP contribution in [0, 0.1) is 11.8 Å². The Balaban J connectivity index is 2.47. The van der Waals surface area contributed by atoms with Gasteiger partial charge in [0, 0.05) is 19.4 Å². The number of nitrogens with zero attached hydrogens (tertiary/aromatic N) is 1. The molecule has 0 amide bonds. The Bertz CT molecular complexity index is 927. The van der Waals surface area contributed by atoms with Crippen LogP contribution in [0.1, 0.15) is 237 Å². The van der Waals surface area contributed by atoms with Gasteiger partial charge in [-0.25, -0.2) is 0 Å². The molecule has 0 saturated heterocycles. The molecule has 1 rings (SSSR count). The van der Waals surface area contributed by atoms with E-state index in [0.29, 0.717) is 12.8 Å². The second-order valence-corrected chi connectivity index (χ2v) is 17.0. The van der Waals surface area contributed by atoms with Gasteiger partial charge in [0.1, 0.15) is 13.2 Å². The van der Waals surface area contributed by atoms with Gasteiger partial charge in [-0.1, -0.05) is 207 Å². The maximum atomic E-state index is 12.7. The summed E-state index contributed by atoms with van der Waals surface area (Å²) in [6.07, 6.45) is 37.1. The first kappa shape index (κ1) is 50.1. The quantitative estimate of drug-likeness (QED) is 0.0497. The highest BCUT2D eigenvalue weighted by atomic mass is 16.5. The molecule has 0 fully saturated rings. The zero-order valence-corrected chi connectivity index (χ0v) is 36.8. The van der Waals surface area contributed by atoms with Crippen LogP contribution in [0.15, 0.2) is 18.2 Å². The molecule has 0 atom stereocenters. The molecule has 0 spiro atoms. The molecule has 54 heavy (non-hydrogen) atoms. The third-order valence-corrected chi connectivity index (χ3v) is 11.3. The summed E-state index contributed by atoms with van der Waals surface area (Å²) in [5, 5.41) is 0. The van der Waals surface area contributed by atoms with Crippen molar-refractivity contribution in [3.05, 3.63) is 34.9 Å². The summed E-state index contributed by atoms with van der Waals surface area (Å²) in [5.74, 6) is 1.48. The normalized spacial score (nSPS) is 11.6. The molecular weight excluding hydrogens is 667 g/mol. The topological polar surface area (TPSA) is 55.8 Å². The lowest BCUT2D eigenvalue weighted by atomic mass is 9.89. The maximum Gasteiger partial charge on any atom is 0.306 e. The van der Waals surface area contributed by atoms with Crippen molar-refractivity contribution >= 4 is 11.9 Å². The highest BCUT2D eigenvalue weighted by Gasteiger charge is 2.13. The fourth-order valence-corrected chi connectivity index (χ4v) is 8.00. The Hall–Kier alpha value is -1.88.